The molecule has 1 aliphatic rings. The Hall–Kier alpha value is -1.20. The maximum absolute atomic E-state index is 10.8. The molecule has 5 nitrogen and oxygen atoms in total. The number of amides is 2. The first-order valence-electron chi connectivity index (χ1n) is 7.71. The summed E-state index contributed by atoms with van der Waals surface area (Å²) in [4.78, 5) is 21.5. The predicted molar refractivity (Wildman–Crippen MR) is 85.1 cm³/mol. The molecule has 0 spiro atoms. The second-order valence-electron chi connectivity index (χ2n) is 4.25. The van der Waals surface area contributed by atoms with Crippen molar-refractivity contribution in [2.45, 2.75) is 59.5 Å². The molecule has 0 bridgehead atoms. The first-order valence-corrected chi connectivity index (χ1v) is 7.71. The zero-order valence-corrected chi connectivity index (χ0v) is 14.1. The summed E-state index contributed by atoms with van der Waals surface area (Å²) in [6.07, 6.45) is 6.85. The van der Waals surface area contributed by atoms with Crippen LogP contribution in [0.3, 0.4) is 0 Å². The third kappa shape index (κ3) is 15.0. The highest BCUT2D eigenvalue weighted by Crippen LogP contribution is 2.11. The van der Waals surface area contributed by atoms with E-state index in [1.807, 2.05) is 20.8 Å². The predicted octanol–water partition coefficient (Wildman–Crippen LogP) is 2.84. The van der Waals surface area contributed by atoms with Gasteiger partial charge in [-0.05, 0) is 32.3 Å². The van der Waals surface area contributed by atoms with Gasteiger partial charge >= 0.3 is 0 Å². The number of methoxy groups -OCH3 is 1. The van der Waals surface area contributed by atoms with Crippen LogP contribution >= 0.6 is 0 Å². The first-order chi connectivity index (χ1) is 10.1. The van der Waals surface area contributed by atoms with Gasteiger partial charge in [0.2, 0.25) is 11.8 Å². The molecule has 1 saturated heterocycles. The van der Waals surface area contributed by atoms with Gasteiger partial charge in [0.15, 0.2) is 0 Å². The van der Waals surface area contributed by atoms with E-state index in [1.165, 1.54) is 18.9 Å². The van der Waals surface area contributed by atoms with Gasteiger partial charge in [0.1, 0.15) is 0 Å². The molecule has 1 atom stereocenters. The Morgan fingerprint density at radius 1 is 1.38 bits per heavy atom. The van der Waals surface area contributed by atoms with Crippen molar-refractivity contribution in [3.8, 4) is 0 Å². The van der Waals surface area contributed by atoms with Crippen molar-refractivity contribution in [2.24, 2.45) is 0 Å². The Kier molecular flexibility index (Phi) is 17.7. The number of imide groups is 1. The van der Waals surface area contributed by atoms with E-state index < -0.39 is 0 Å². The van der Waals surface area contributed by atoms with E-state index >= 15 is 0 Å². The highest BCUT2D eigenvalue weighted by molar-refractivity contribution is 6.00. The Labute approximate surface area is 129 Å². The fourth-order valence-electron chi connectivity index (χ4n) is 1.58. The highest BCUT2D eigenvalue weighted by Gasteiger charge is 2.13. The van der Waals surface area contributed by atoms with E-state index in [1.54, 1.807) is 20.1 Å². The molecule has 1 rings (SSSR count). The van der Waals surface area contributed by atoms with Gasteiger partial charge in [0.05, 0.1) is 12.7 Å². The van der Waals surface area contributed by atoms with Gasteiger partial charge in [-0.15, -0.1) is 0 Å². The summed E-state index contributed by atoms with van der Waals surface area (Å²) >= 11 is 0. The number of hydrogen-bond donors (Lipinski definition) is 1. The Morgan fingerprint density at radius 3 is 2.48 bits per heavy atom. The summed E-state index contributed by atoms with van der Waals surface area (Å²) in [5, 5.41) is 2.22. The van der Waals surface area contributed by atoms with Crippen molar-refractivity contribution in [2.75, 3.05) is 20.3 Å². The molecule has 0 radical (unpaired) electrons. The van der Waals surface area contributed by atoms with Crippen molar-refractivity contribution >= 4 is 11.8 Å². The number of carbonyl (C=O) groups excluding carboxylic acids is 2. The summed E-state index contributed by atoms with van der Waals surface area (Å²) in [5.74, 6) is -0.554. The smallest absolute Gasteiger partial charge is 0.250 e. The van der Waals surface area contributed by atoms with Gasteiger partial charge < -0.3 is 9.47 Å². The van der Waals surface area contributed by atoms with E-state index in [4.69, 9.17) is 9.47 Å². The molecule has 1 heterocycles. The molecule has 124 valence electrons. The normalized spacial score (nSPS) is 16.5. The zero-order valence-electron chi connectivity index (χ0n) is 14.1. The summed E-state index contributed by atoms with van der Waals surface area (Å²) in [7, 11) is 1.71. The molecule has 0 aliphatic carbocycles. The number of nitrogens with one attached hydrogen (secondary N) is 1. The molecular formula is C16H31NO4. The van der Waals surface area contributed by atoms with Gasteiger partial charge in [-0.25, -0.2) is 0 Å². The molecule has 1 N–H and O–H groups in total. The fraction of sp³-hybridized carbons (Fsp3) is 0.750. The summed E-state index contributed by atoms with van der Waals surface area (Å²) in [5.41, 5.74) is 0. The minimum absolute atomic E-state index is 0.212. The lowest BCUT2D eigenvalue weighted by molar-refractivity contribution is -0.128. The van der Waals surface area contributed by atoms with Crippen LogP contribution in [0, 0.1) is 0 Å². The zero-order chi connectivity index (χ0) is 16.5. The van der Waals surface area contributed by atoms with Crippen LogP contribution in [0.25, 0.3) is 0 Å². The molecule has 1 aliphatic heterocycles. The van der Waals surface area contributed by atoms with Crippen LogP contribution in [0.5, 0.6) is 0 Å². The Morgan fingerprint density at radius 2 is 2.05 bits per heavy atom. The van der Waals surface area contributed by atoms with E-state index in [-0.39, 0.29) is 11.8 Å². The second kappa shape index (κ2) is 16.9. The van der Waals surface area contributed by atoms with Gasteiger partial charge in [0, 0.05) is 20.1 Å². The third-order valence-corrected chi connectivity index (χ3v) is 2.43. The quantitative estimate of drug-likeness (QED) is 0.793. The first kappa shape index (κ1) is 22.1. The minimum Gasteiger partial charge on any atom is -0.382 e. The molecule has 1 fully saturated rings. The number of ether oxygens (including phenoxy) is 2. The maximum atomic E-state index is 10.8. The van der Waals surface area contributed by atoms with Crippen molar-refractivity contribution in [1.29, 1.82) is 0 Å². The van der Waals surface area contributed by atoms with Gasteiger partial charge in [-0.1, -0.05) is 26.8 Å². The molecule has 21 heavy (non-hydrogen) atoms. The number of allylic oxidation sites excluding steroid dienone is 1. The monoisotopic (exact) mass is 301 g/mol. The molecule has 0 aromatic heterocycles. The highest BCUT2D eigenvalue weighted by atomic mass is 16.5. The largest absolute Gasteiger partial charge is 0.382 e. The third-order valence-electron chi connectivity index (χ3n) is 2.43. The van der Waals surface area contributed by atoms with Crippen LogP contribution < -0.4 is 5.32 Å². The van der Waals surface area contributed by atoms with Crippen LogP contribution in [0.2, 0.25) is 0 Å². The van der Waals surface area contributed by atoms with E-state index in [9.17, 15) is 9.59 Å². The van der Waals surface area contributed by atoms with Crippen LogP contribution in [-0.2, 0) is 19.1 Å². The molecule has 1 unspecified atom stereocenters. The molecule has 5 heteroatoms. The maximum Gasteiger partial charge on any atom is 0.250 e. The molecule has 0 aromatic carbocycles. The number of rotatable bonds is 5. The topological polar surface area (TPSA) is 64.6 Å². The van der Waals surface area contributed by atoms with Crippen LogP contribution in [0.4, 0.5) is 0 Å². The molecule has 2 amide bonds. The van der Waals surface area contributed by atoms with Crippen molar-refractivity contribution in [3.05, 3.63) is 12.2 Å². The van der Waals surface area contributed by atoms with Crippen LogP contribution in [-0.4, -0.2) is 38.2 Å². The average Bonchev–Trinajstić information content (AvgIpc) is 2.96. The second-order valence-corrected chi connectivity index (χ2v) is 4.25. The molecule has 0 aromatic rings. The summed E-state index contributed by atoms with van der Waals surface area (Å²) in [6.45, 7) is 9.30. The lowest BCUT2D eigenvalue weighted by atomic mass is 10.2. The van der Waals surface area contributed by atoms with Gasteiger partial charge in [-0.3, -0.25) is 14.9 Å². The van der Waals surface area contributed by atoms with E-state index in [0.717, 1.165) is 19.6 Å². The van der Waals surface area contributed by atoms with Crippen molar-refractivity contribution in [1.82, 2.24) is 5.32 Å². The molecular weight excluding hydrogens is 270 g/mol. The van der Waals surface area contributed by atoms with Crippen LogP contribution in [0.1, 0.15) is 53.4 Å². The summed E-state index contributed by atoms with van der Waals surface area (Å²) < 4.78 is 10.2. The lowest BCUT2D eigenvalue weighted by Crippen LogP contribution is -2.28. The standard InChI is InChI=1S/C8H13NO2.C6H12O2.C2H6/c1-3-5-7(10)9-8(11)6-4-2;1-7-5-6-3-2-4-8-6;1-2/h3,5H,4,6H2,1-2H3,(H,9,10,11);6H,2-5H2,1H3;1-2H3/b5-3-;;. The average molecular weight is 301 g/mol. The van der Waals surface area contributed by atoms with E-state index in [2.05, 4.69) is 5.32 Å². The van der Waals surface area contributed by atoms with E-state index in [0.29, 0.717) is 12.5 Å². The van der Waals surface area contributed by atoms with Gasteiger partial charge in [-0.2, -0.15) is 0 Å². The minimum atomic E-state index is -0.342. The fourth-order valence-corrected chi connectivity index (χ4v) is 1.58. The molecule has 0 saturated carbocycles. The SMILES string of the molecule is C/C=C\C(=O)NC(=O)CCC.CC.COCC1CCCO1. The van der Waals surface area contributed by atoms with Crippen molar-refractivity contribution < 1.29 is 19.1 Å². The van der Waals surface area contributed by atoms with Gasteiger partial charge in [0.25, 0.3) is 0 Å². The van der Waals surface area contributed by atoms with Crippen molar-refractivity contribution in [3.63, 3.8) is 0 Å². The Balaban J connectivity index is 0. The lowest BCUT2D eigenvalue weighted by Gasteiger charge is -2.05. The summed E-state index contributed by atoms with van der Waals surface area (Å²) in [6, 6.07) is 0. The van der Waals surface area contributed by atoms with Crippen LogP contribution in [0.15, 0.2) is 12.2 Å². The number of hydrogen-bond acceptors (Lipinski definition) is 4. The number of carbonyl (C=O) groups is 2. The Bertz CT molecular complexity index is 284.